The number of halogens is 2. The van der Waals surface area contributed by atoms with Crippen LogP contribution >= 0.6 is 15.9 Å². The van der Waals surface area contributed by atoms with Crippen LogP contribution in [0.25, 0.3) is 0 Å². The van der Waals surface area contributed by atoms with Gasteiger partial charge in [0.2, 0.25) is 0 Å². The van der Waals surface area contributed by atoms with Crippen LogP contribution in [0.15, 0.2) is 28.7 Å². The highest BCUT2D eigenvalue weighted by molar-refractivity contribution is 9.10. The van der Waals surface area contributed by atoms with E-state index in [1.165, 1.54) is 12.1 Å². The van der Waals surface area contributed by atoms with Crippen LogP contribution in [0, 0.1) is 5.82 Å². The molecule has 0 bridgehead atoms. The summed E-state index contributed by atoms with van der Waals surface area (Å²) < 4.78 is 13.0. The van der Waals surface area contributed by atoms with Crippen LogP contribution in [0.3, 0.4) is 0 Å². The quantitative estimate of drug-likeness (QED) is 0.614. The van der Waals surface area contributed by atoms with Crippen molar-refractivity contribution in [2.75, 3.05) is 0 Å². The van der Waals surface area contributed by atoms with E-state index in [4.69, 9.17) is 0 Å². The third kappa shape index (κ3) is 7.73. The fourth-order valence-corrected chi connectivity index (χ4v) is 0.694. The predicted octanol–water partition coefficient (Wildman–Crippen LogP) is 4.64. The van der Waals surface area contributed by atoms with E-state index in [-0.39, 0.29) is 5.82 Å². The van der Waals surface area contributed by atoms with Gasteiger partial charge in [-0.3, -0.25) is 0 Å². The Labute approximate surface area is 82.9 Å². The van der Waals surface area contributed by atoms with E-state index in [0.29, 0.717) is 0 Å². The van der Waals surface area contributed by atoms with Crippen LogP contribution in [-0.2, 0) is 0 Å². The van der Waals surface area contributed by atoms with Crippen molar-refractivity contribution < 1.29 is 4.39 Å². The predicted molar refractivity (Wildman–Crippen MR) is 56.8 cm³/mol. The third-order valence-corrected chi connectivity index (χ3v) is 1.33. The Morgan fingerprint density at radius 1 is 0.917 bits per heavy atom. The van der Waals surface area contributed by atoms with Crippen molar-refractivity contribution in [1.82, 2.24) is 0 Å². The summed E-state index contributed by atoms with van der Waals surface area (Å²) in [5.41, 5.74) is 0. The van der Waals surface area contributed by atoms with E-state index in [9.17, 15) is 4.39 Å². The van der Waals surface area contributed by atoms with Crippen molar-refractivity contribution in [3.05, 3.63) is 34.6 Å². The molecule has 0 aliphatic heterocycles. The first-order chi connectivity index (χ1) is 5.79. The first-order valence-corrected chi connectivity index (χ1v) is 4.99. The van der Waals surface area contributed by atoms with Crippen molar-refractivity contribution in [3.8, 4) is 0 Å². The third-order valence-electron chi connectivity index (χ3n) is 0.804. The molecule has 12 heavy (non-hydrogen) atoms. The van der Waals surface area contributed by atoms with E-state index >= 15 is 0 Å². The van der Waals surface area contributed by atoms with Gasteiger partial charge in [0.05, 0.1) is 0 Å². The average Bonchev–Trinajstić information content (AvgIpc) is 2.17. The standard InChI is InChI=1S/C6H4BrF.2C2H6/c7-5-1-3-6(8)4-2-5;2*1-2/h1-4H;2*1-2H3. The second-order valence-corrected chi connectivity index (χ2v) is 2.35. The van der Waals surface area contributed by atoms with Gasteiger partial charge in [-0.05, 0) is 24.3 Å². The minimum Gasteiger partial charge on any atom is -0.207 e. The van der Waals surface area contributed by atoms with Crippen LogP contribution in [0.2, 0.25) is 0 Å². The first-order valence-electron chi connectivity index (χ1n) is 4.20. The zero-order valence-corrected chi connectivity index (χ0v) is 9.65. The van der Waals surface area contributed by atoms with E-state index < -0.39 is 0 Å². The second-order valence-electron chi connectivity index (χ2n) is 1.44. The molecule has 0 heterocycles. The molecular weight excluding hydrogens is 219 g/mol. The summed E-state index contributed by atoms with van der Waals surface area (Å²) in [6.07, 6.45) is 0. The molecule has 0 spiro atoms. The SMILES string of the molecule is CC.CC.Fc1ccc(Br)cc1. The Morgan fingerprint density at radius 2 is 1.25 bits per heavy atom. The summed E-state index contributed by atoms with van der Waals surface area (Å²) in [4.78, 5) is 0. The maximum absolute atomic E-state index is 12.1. The summed E-state index contributed by atoms with van der Waals surface area (Å²) in [5.74, 6) is -0.201. The van der Waals surface area contributed by atoms with Gasteiger partial charge in [0, 0.05) is 4.47 Å². The van der Waals surface area contributed by atoms with Gasteiger partial charge in [0.1, 0.15) is 5.82 Å². The Morgan fingerprint density at radius 3 is 1.50 bits per heavy atom. The van der Waals surface area contributed by atoms with Gasteiger partial charge >= 0.3 is 0 Å². The van der Waals surface area contributed by atoms with E-state index in [1.54, 1.807) is 12.1 Å². The number of benzene rings is 1. The topological polar surface area (TPSA) is 0 Å². The molecule has 0 radical (unpaired) electrons. The molecule has 2 heteroatoms. The molecule has 70 valence electrons. The highest BCUT2D eigenvalue weighted by Gasteiger charge is 1.84. The zero-order valence-electron chi connectivity index (χ0n) is 8.07. The molecule has 0 aliphatic rings. The lowest BCUT2D eigenvalue weighted by atomic mass is 10.4. The maximum atomic E-state index is 12.1. The Kier molecular flexibility index (Phi) is 12.6. The van der Waals surface area contributed by atoms with Crippen molar-refractivity contribution in [3.63, 3.8) is 0 Å². The van der Waals surface area contributed by atoms with E-state index in [1.807, 2.05) is 27.7 Å². The fourth-order valence-electron chi connectivity index (χ4n) is 0.430. The van der Waals surface area contributed by atoms with E-state index in [2.05, 4.69) is 15.9 Å². The van der Waals surface area contributed by atoms with E-state index in [0.717, 1.165) is 4.47 Å². The highest BCUT2D eigenvalue weighted by Crippen LogP contribution is 2.08. The van der Waals surface area contributed by atoms with Crippen molar-refractivity contribution in [1.29, 1.82) is 0 Å². The van der Waals surface area contributed by atoms with Gasteiger partial charge in [0.15, 0.2) is 0 Å². The van der Waals surface area contributed by atoms with Gasteiger partial charge < -0.3 is 0 Å². The number of rotatable bonds is 0. The Bertz CT molecular complexity index is 149. The van der Waals surface area contributed by atoms with Crippen LogP contribution in [0.1, 0.15) is 27.7 Å². The van der Waals surface area contributed by atoms with Crippen LogP contribution in [-0.4, -0.2) is 0 Å². The Balaban J connectivity index is 0. The highest BCUT2D eigenvalue weighted by atomic mass is 79.9. The normalized spacial score (nSPS) is 7.17. The van der Waals surface area contributed by atoms with Crippen LogP contribution in [0.4, 0.5) is 4.39 Å². The molecule has 1 aromatic rings. The van der Waals surface area contributed by atoms with Crippen molar-refractivity contribution >= 4 is 15.9 Å². The fraction of sp³-hybridized carbons (Fsp3) is 0.400. The number of hydrogen-bond donors (Lipinski definition) is 0. The zero-order chi connectivity index (χ0) is 9.98. The smallest absolute Gasteiger partial charge is 0.123 e. The molecule has 0 aromatic heterocycles. The minimum atomic E-state index is -0.201. The molecule has 0 atom stereocenters. The van der Waals surface area contributed by atoms with Gasteiger partial charge in [-0.15, -0.1) is 0 Å². The lowest BCUT2D eigenvalue weighted by molar-refractivity contribution is 0.627. The van der Waals surface area contributed by atoms with Crippen molar-refractivity contribution in [2.24, 2.45) is 0 Å². The Hall–Kier alpha value is -0.370. The van der Waals surface area contributed by atoms with Crippen molar-refractivity contribution in [2.45, 2.75) is 27.7 Å². The lowest BCUT2D eigenvalue weighted by Gasteiger charge is -1.85. The molecule has 0 saturated carbocycles. The van der Waals surface area contributed by atoms with Gasteiger partial charge in [-0.1, -0.05) is 43.6 Å². The summed E-state index contributed by atoms with van der Waals surface area (Å²) in [5, 5.41) is 0. The summed E-state index contributed by atoms with van der Waals surface area (Å²) in [6.45, 7) is 8.00. The molecule has 0 saturated heterocycles. The largest absolute Gasteiger partial charge is 0.207 e. The molecule has 0 N–H and O–H groups in total. The molecule has 0 amide bonds. The van der Waals surface area contributed by atoms with Crippen LogP contribution < -0.4 is 0 Å². The first kappa shape index (κ1) is 14.2. The number of hydrogen-bond acceptors (Lipinski definition) is 0. The van der Waals surface area contributed by atoms with Gasteiger partial charge in [-0.2, -0.15) is 0 Å². The van der Waals surface area contributed by atoms with Crippen LogP contribution in [0.5, 0.6) is 0 Å². The monoisotopic (exact) mass is 234 g/mol. The molecule has 0 fully saturated rings. The second kappa shape index (κ2) is 10.6. The molecule has 0 aliphatic carbocycles. The molecule has 0 unspecified atom stereocenters. The molecule has 0 nitrogen and oxygen atoms in total. The minimum absolute atomic E-state index is 0.201. The maximum Gasteiger partial charge on any atom is 0.123 e. The average molecular weight is 235 g/mol. The summed E-state index contributed by atoms with van der Waals surface area (Å²) in [7, 11) is 0. The summed E-state index contributed by atoms with van der Waals surface area (Å²) >= 11 is 3.18. The van der Waals surface area contributed by atoms with Gasteiger partial charge in [0.25, 0.3) is 0 Å². The lowest BCUT2D eigenvalue weighted by Crippen LogP contribution is -1.67. The molecule has 1 aromatic carbocycles. The molecular formula is C10H16BrF. The molecule has 1 rings (SSSR count). The van der Waals surface area contributed by atoms with Gasteiger partial charge in [-0.25, -0.2) is 4.39 Å². The summed E-state index contributed by atoms with van der Waals surface area (Å²) in [6, 6.07) is 6.14.